The average molecular weight is 414 g/mol. The van der Waals surface area contributed by atoms with E-state index in [9.17, 15) is 4.79 Å². The second-order valence-electron chi connectivity index (χ2n) is 7.22. The van der Waals surface area contributed by atoms with Gasteiger partial charge in [-0.25, -0.2) is 4.98 Å². The van der Waals surface area contributed by atoms with E-state index in [4.69, 9.17) is 4.98 Å². The number of benzene rings is 2. The summed E-state index contributed by atoms with van der Waals surface area (Å²) in [7, 11) is 4.11. The molecule has 0 unspecified atom stereocenters. The van der Waals surface area contributed by atoms with Crippen molar-refractivity contribution in [3.8, 4) is 0 Å². The van der Waals surface area contributed by atoms with E-state index < -0.39 is 0 Å². The highest BCUT2D eigenvalue weighted by molar-refractivity contribution is 7.98. The highest BCUT2D eigenvalue weighted by Gasteiger charge is 2.22. The van der Waals surface area contributed by atoms with E-state index in [-0.39, 0.29) is 5.91 Å². The van der Waals surface area contributed by atoms with Crippen LogP contribution in [-0.4, -0.2) is 49.2 Å². The number of amides is 1. The lowest BCUT2D eigenvalue weighted by Crippen LogP contribution is -2.33. The van der Waals surface area contributed by atoms with Gasteiger partial charge in [-0.2, -0.15) is 0 Å². The summed E-state index contributed by atoms with van der Waals surface area (Å²) in [6, 6.07) is 12.1. The zero-order valence-electron chi connectivity index (χ0n) is 17.2. The molecular weight excluding hydrogens is 386 g/mol. The molecule has 0 aliphatic heterocycles. The van der Waals surface area contributed by atoms with Crippen molar-refractivity contribution in [1.29, 1.82) is 0 Å². The second kappa shape index (κ2) is 9.07. The summed E-state index contributed by atoms with van der Waals surface area (Å²) in [6.07, 6.45) is 2.94. The molecule has 148 valence electrons. The van der Waals surface area contributed by atoms with Crippen LogP contribution in [0.1, 0.15) is 27.9 Å². The van der Waals surface area contributed by atoms with Gasteiger partial charge < -0.3 is 4.90 Å². The van der Waals surface area contributed by atoms with E-state index in [1.807, 2.05) is 35.4 Å². The van der Waals surface area contributed by atoms with E-state index >= 15 is 0 Å². The lowest BCUT2D eigenvalue weighted by molar-refractivity contribution is 0.0986. The highest BCUT2D eigenvalue weighted by Crippen LogP contribution is 2.34. The minimum absolute atomic E-state index is 0.0146. The van der Waals surface area contributed by atoms with Crippen molar-refractivity contribution in [2.24, 2.45) is 0 Å². The molecule has 0 bridgehead atoms. The summed E-state index contributed by atoms with van der Waals surface area (Å²) in [5, 5.41) is 0.782. The van der Waals surface area contributed by atoms with E-state index in [0.29, 0.717) is 12.1 Å². The first kappa shape index (κ1) is 20.8. The van der Waals surface area contributed by atoms with E-state index in [0.717, 1.165) is 38.8 Å². The normalized spacial score (nSPS) is 11.4. The van der Waals surface area contributed by atoms with Crippen molar-refractivity contribution in [1.82, 2.24) is 9.88 Å². The lowest BCUT2D eigenvalue weighted by Gasteiger charge is -2.21. The van der Waals surface area contributed by atoms with Crippen LogP contribution in [0.25, 0.3) is 10.2 Å². The summed E-state index contributed by atoms with van der Waals surface area (Å²) < 4.78 is 1.16. The largest absolute Gasteiger partial charge is 0.309 e. The van der Waals surface area contributed by atoms with Gasteiger partial charge in [-0.15, -0.1) is 11.8 Å². The third-order valence-electron chi connectivity index (χ3n) is 4.73. The molecule has 2 aromatic carbocycles. The van der Waals surface area contributed by atoms with Crippen LogP contribution in [0.3, 0.4) is 0 Å². The molecule has 3 aromatic rings. The fraction of sp³-hybridized carbons (Fsp3) is 0.364. The average Bonchev–Trinajstić information content (AvgIpc) is 3.14. The summed E-state index contributed by atoms with van der Waals surface area (Å²) in [5.41, 5.74) is 4.06. The van der Waals surface area contributed by atoms with Gasteiger partial charge in [-0.05, 0) is 82.6 Å². The zero-order valence-corrected chi connectivity index (χ0v) is 18.8. The fourth-order valence-corrected chi connectivity index (χ4v) is 4.63. The SMILES string of the molecule is CSc1ccc(C(=O)N(CCCN(C)C)c2nc3c(C)ccc(C)c3s2)cc1. The van der Waals surface area contributed by atoms with E-state index in [1.54, 1.807) is 23.1 Å². The lowest BCUT2D eigenvalue weighted by atomic mass is 10.1. The molecule has 3 rings (SSSR count). The number of fused-ring (bicyclic) bond motifs is 1. The molecule has 1 aromatic heterocycles. The van der Waals surface area contributed by atoms with Gasteiger partial charge in [0, 0.05) is 17.0 Å². The van der Waals surface area contributed by atoms with Crippen LogP contribution >= 0.6 is 23.1 Å². The summed E-state index contributed by atoms with van der Waals surface area (Å²) in [4.78, 5) is 23.3. The van der Waals surface area contributed by atoms with Crippen molar-refractivity contribution in [3.63, 3.8) is 0 Å². The molecule has 4 nitrogen and oxygen atoms in total. The summed E-state index contributed by atoms with van der Waals surface area (Å²) in [6.45, 7) is 5.76. The maximum absolute atomic E-state index is 13.3. The predicted molar refractivity (Wildman–Crippen MR) is 122 cm³/mol. The topological polar surface area (TPSA) is 36.4 Å². The first-order valence-electron chi connectivity index (χ1n) is 9.38. The Hall–Kier alpha value is -1.89. The molecule has 0 radical (unpaired) electrons. The van der Waals surface area contributed by atoms with Crippen LogP contribution in [0.15, 0.2) is 41.3 Å². The van der Waals surface area contributed by atoms with Gasteiger partial charge in [0.25, 0.3) is 5.91 Å². The Bertz CT molecular complexity index is 925. The molecular formula is C22H27N3OS2. The molecule has 0 aliphatic rings. The number of aryl methyl sites for hydroxylation is 2. The Morgan fingerprint density at radius 1 is 1.04 bits per heavy atom. The van der Waals surface area contributed by atoms with Crippen molar-refractivity contribution in [2.45, 2.75) is 25.2 Å². The number of hydrogen-bond donors (Lipinski definition) is 0. The maximum Gasteiger partial charge on any atom is 0.260 e. The van der Waals surface area contributed by atoms with Gasteiger partial charge in [0.15, 0.2) is 5.13 Å². The Morgan fingerprint density at radius 2 is 1.71 bits per heavy atom. The molecule has 0 saturated heterocycles. The van der Waals surface area contributed by atoms with Crippen LogP contribution < -0.4 is 4.90 Å². The highest BCUT2D eigenvalue weighted by atomic mass is 32.2. The Labute approximate surface area is 175 Å². The molecule has 28 heavy (non-hydrogen) atoms. The van der Waals surface area contributed by atoms with Crippen LogP contribution in [0.2, 0.25) is 0 Å². The number of carbonyl (C=O) groups excluding carboxylic acids is 1. The number of aromatic nitrogens is 1. The third-order valence-corrected chi connectivity index (χ3v) is 6.69. The van der Waals surface area contributed by atoms with Crippen molar-refractivity contribution >= 4 is 44.4 Å². The Morgan fingerprint density at radius 3 is 2.32 bits per heavy atom. The van der Waals surface area contributed by atoms with Crippen molar-refractivity contribution in [3.05, 3.63) is 53.1 Å². The number of anilines is 1. The maximum atomic E-state index is 13.3. The van der Waals surface area contributed by atoms with Gasteiger partial charge >= 0.3 is 0 Å². The number of nitrogens with zero attached hydrogens (tertiary/aromatic N) is 3. The van der Waals surface area contributed by atoms with Gasteiger partial charge in [0.2, 0.25) is 0 Å². The molecule has 0 saturated carbocycles. The Kier molecular flexibility index (Phi) is 6.75. The number of hydrogen-bond acceptors (Lipinski definition) is 5. The smallest absolute Gasteiger partial charge is 0.260 e. The minimum Gasteiger partial charge on any atom is -0.309 e. The minimum atomic E-state index is 0.0146. The van der Waals surface area contributed by atoms with Crippen LogP contribution in [0.4, 0.5) is 5.13 Å². The second-order valence-corrected chi connectivity index (χ2v) is 9.07. The molecule has 0 spiro atoms. The molecule has 6 heteroatoms. The van der Waals surface area contributed by atoms with Crippen molar-refractivity contribution in [2.75, 3.05) is 38.3 Å². The molecule has 0 aliphatic carbocycles. The summed E-state index contributed by atoms with van der Waals surface area (Å²) >= 11 is 3.29. The number of thioether (sulfide) groups is 1. The first-order chi connectivity index (χ1) is 13.4. The summed E-state index contributed by atoms with van der Waals surface area (Å²) in [5.74, 6) is 0.0146. The van der Waals surface area contributed by atoms with Crippen LogP contribution in [0, 0.1) is 13.8 Å². The van der Waals surface area contributed by atoms with Gasteiger partial charge in [-0.3, -0.25) is 9.69 Å². The standard InChI is InChI=1S/C22H27N3OS2/c1-15-7-8-16(2)20-19(15)23-22(28-20)25(14-6-13-24(3)4)21(26)17-9-11-18(27-5)12-10-17/h7-12H,6,13-14H2,1-5H3. The molecule has 1 amide bonds. The quantitative estimate of drug-likeness (QED) is 0.497. The van der Waals surface area contributed by atoms with Crippen molar-refractivity contribution < 1.29 is 4.79 Å². The number of rotatable bonds is 7. The van der Waals surface area contributed by atoms with Gasteiger partial charge in [0.1, 0.15) is 0 Å². The van der Waals surface area contributed by atoms with Gasteiger partial charge in [-0.1, -0.05) is 23.5 Å². The third kappa shape index (κ3) is 4.57. The number of carbonyl (C=O) groups is 1. The molecule has 0 fully saturated rings. The molecule has 0 atom stereocenters. The number of thiazole rings is 1. The van der Waals surface area contributed by atoms with Crippen LogP contribution in [0.5, 0.6) is 0 Å². The van der Waals surface area contributed by atoms with E-state index in [2.05, 4.69) is 45.0 Å². The Balaban J connectivity index is 1.97. The van der Waals surface area contributed by atoms with E-state index in [1.165, 1.54) is 5.56 Å². The van der Waals surface area contributed by atoms with Gasteiger partial charge in [0.05, 0.1) is 10.2 Å². The molecule has 0 N–H and O–H groups in total. The first-order valence-corrected chi connectivity index (χ1v) is 11.4. The monoisotopic (exact) mass is 413 g/mol. The fourth-order valence-electron chi connectivity index (χ4n) is 3.08. The molecule has 1 heterocycles. The zero-order chi connectivity index (χ0) is 20.3. The predicted octanol–water partition coefficient (Wildman–Crippen LogP) is 5.23. The van der Waals surface area contributed by atoms with Crippen LogP contribution in [-0.2, 0) is 0 Å².